The lowest BCUT2D eigenvalue weighted by Crippen LogP contribution is -2.26. The van der Waals surface area contributed by atoms with Crippen molar-refractivity contribution in [3.05, 3.63) is 29.8 Å². The van der Waals surface area contributed by atoms with E-state index in [0.29, 0.717) is 11.3 Å². The van der Waals surface area contributed by atoms with Crippen LogP contribution in [0.3, 0.4) is 0 Å². The molecule has 0 aromatic heterocycles. The van der Waals surface area contributed by atoms with Gasteiger partial charge in [-0.3, -0.25) is 14.3 Å². The lowest BCUT2D eigenvalue weighted by Gasteiger charge is -2.14. The van der Waals surface area contributed by atoms with E-state index in [0.717, 1.165) is 6.26 Å². The minimum atomic E-state index is -3.36. The largest absolute Gasteiger partial charge is 0.454 e. The van der Waals surface area contributed by atoms with Crippen molar-refractivity contribution in [3.63, 3.8) is 0 Å². The highest BCUT2D eigenvalue weighted by molar-refractivity contribution is 7.92. The third-order valence-electron chi connectivity index (χ3n) is 2.61. The fourth-order valence-electron chi connectivity index (χ4n) is 1.52. The number of ketones is 1. The highest BCUT2D eigenvalue weighted by Crippen LogP contribution is 2.14. The Balaban J connectivity index is 2.77. The SMILES string of the molecule is CC(C)C(=O)O[C@@H](C)C(=O)c1ccc(NS(C)(=O)=O)cc1. The van der Waals surface area contributed by atoms with E-state index in [2.05, 4.69) is 4.72 Å². The smallest absolute Gasteiger partial charge is 0.309 e. The fourth-order valence-corrected chi connectivity index (χ4v) is 2.08. The standard InChI is InChI=1S/C14H19NO5S/c1-9(2)14(17)20-10(3)13(16)11-5-7-12(8-6-11)15-21(4,18)19/h5-10,15H,1-4H3/t10-/m0/s1. The maximum atomic E-state index is 12.1. The lowest BCUT2D eigenvalue weighted by atomic mass is 10.1. The van der Waals surface area contributed by atoms with Gasteiger partial charge in [-0.05, 0) is 31.2 Å². The van der Waals surface area contributed by atoms with Gasteiger partial charge in [0, 0.05) is 11.3 Å². The van der Waals surface area contributed by atoms with Crippen molar-refractivity contribution in [1.29, 1.82) is 0 Å². The second-order valence-electron chi connectivity index (χ2n) is 5.05. The number of hydrogen-bond acceptors (Lipinski definition) is 5. The maximum Gasteiger partial charge on any atom is 0.309 e. The Morgan fingerprint density at radius 1 is 1.10 bits per heavy atom. The van der Waals surface area contributed by atoms with E-state index >= 15 is 0 Å². The second-order valence-corrected chi connectivity index (χ2v) is 6.80. The molecule has 0 heterocycles. The third kappa shape index (κ3) is 5.55. The van der Waals surface area contributed by atoms with Gasteiger partial charge in [-0.2, -0.15) is 0 Å². The van der Waals surface area contributed by atoms with Gasteiger partial charge in [0.05, 0.1) is 12.2 Å². The molecule has 1 rings (SSSR count). The number of Topliss-reactive ketones (excluding diaryl/α,β-unsaturated/α-hetero) is 1. The summed E-state index contributed by atoms with van der Waals surface area (Å²) in [5, 5.41) is 0. The zero-order valence-electron chi connectivity index (χ0n) is 12.4. The van der Waals surface area contributed by atoms with Gasteiger partial charge in [0.25, 0.3) is 0 Å². The minimum Gasteiger partial charge on any atom is -0.454 e. The zero-order chi connectivity index (χ0) is 16.2. The second kappa shape index (κ2) is 6.71. The van der Waals surface area contributed by atoms with Gasteiger partial charge in [0.1, 0.15) is 0 Å². The first-order valence-corrected chi connectivity index (χ1v) is 8.32. The highest BCUT2D eigenvalue weighted by atomic mass is 32.2. The van der Waals surface area contributed by atoms with Crippen LogP contribution < -0.4 is 4.72 Å². The fraction of sp³-hybridized carbons (Fsp3) is 0.429. The van der Waals surface area contributed by atoms with Crippen LogP contribution >= 0.6 is 0 Å². The molecule has 0 saturated heterocycles. The number of ether oxygens (including phenoxy) is 1. The first-order chi connectivity index (χ1) is 9.60. The van der Waals surface area contributed by atoms with E-state index in [1.807, 2.05) is 0 Å². The molecule has 0 saturated carbocycles. The van der Waals surface area contributed by atoms with Crippen LogP contribution in [0, 0.1) is 5.92 Å². The van der Waals surface area contributed by atoms with Gasteiger partial charge in [0.15, 0.2) is 6.10 Å². The van der Waals surface area contributed by atoms with Crippen LogP contribution in [0.15, 0.2) is 24.3 Å². The van der Waals surface area contributed by atoms with Crippen molar-refractivity contribution in [2.45, 2.75) is 26.9 Å². The van der Waals surface area contributed by atoms with Crippen LogP contribution in [0.5, 0.6) is 0 Å². The minimum absolute atomic E-state index is 0.304. The number of benzene rings is 1. The van der Waals surface area contributed by atoms with Gasteiger partial charge < -0.3 is 4.74 Å². The van der Waals surface area contributed by atoms with Gasteiger partial charge in [-0.25, -0.2) is 8.42 Å². The Morgan fingerprint density at radius 2 is 1.62 bits per heavy atom. The molecule has 0 spiro atoms. The summed E-state index contributed by atoms with van der Waals surface area (Å²) in [6.45, 7) is 4.88. The maximum absolute atomic E-state index is 12.1. The zero-order valence-corrected chi connectivity index (χ0v) is 13.2. The van der Waals surface area contributed by atoms with Gasteiger partial charge in [-0.1, -0.05) is 13.8 Å². The number of rotatable bonds is 6. The normalized spacial score (nSPS) is 12.8. The summed E-state index contributed by atoms with van der Waals surface area (Å²) in [5.41, 5.74) is 0.707. The van der Waals surface area contributed by atoms with Crippen LogP contribution in [0.1, 0.15) is 31.1 Å². The van der Waals surface area contributed by atoms with Gasteiger partial charge in [-0.15, -0.1) is 0 Å². The first-order valence-electron chi connectivity index (χ1n) is 6.42. The summed E-state index contributed by atoms with van der Waals surface area (Å²) in [4.78, 5) is 23.5. The van der Waals surface area contributed by atoms with Crippen molar-refractivity contribution in [1.82, 2.24) is 0 Å². The molecule has 0 aliphatic heterocycles. The summed E-state index contributed by atoms with van der Waals surface area (Å²) in [6, 6.07) is 5.92. The number of carbonyl (C=O) groups excluding carboxylic acids is 2. The molecule has 0 aliphatic rings. The van der Waals surface area contributed by atoms with E-state index < -0.39 is 22.1 Å². The Morgan fingerprint density at radius 3 is 2.05 bits per heavy atom. The average molecular weight is 313 g/mol. The molecule has 0 amide bonds. The molecule has 6 nitrogen and oxygen atoms in total. The molecule has 0 radical (unpaired) electrons. The van der Waals surface area contributed by atoms with Crippen LogP contribution in [0.2, 0.25) is 0 Å². The third-order valence-corrected chi connectivity index (χ3v) is 3.21. The van der Waals surface area contributed by atoms with E-state index in [1.54, 1.807) is 13.8 Å². The summed E-state index contributed by atoms with van der Waals surface area (Å²) in [7, 11) is -3.36. The van der Waals surface area contributed by atoms with Crippen molar-refractivity contribution >= 4 is 27.5 Å². The predicted octanol–water partition coefficient (Wildman–Crippen LogP) is 1.83. The predicted molar refractivity (Wildman–Crippen MR) is 79.6 cm³/mol. The Hall–Kier alpha value is -1.89. The molecule has 0 aliphatic carbocycles. The van der Waals surface area contributed by atoms with Crippen molar-refractivity contribution < 1.29 is 22.7 Å². The Bertz CT molecular complexity index is 619. The van der Waals surface area contributed by atoms with Gasteiger partial charge in [0.2, 0.25) is 15.8 Å². The number of anilines is 1. The monoisotopic (exact) mass is 313 g/mol. The molecule has 1 N–H and O–H groups in total. The number of esters is 1. The molecule has 7 heteroatoms. The van der Waals surface area contributed by atoms with E-state index in [-0.39, 0.29) is 11.7 Å². The van der Waals surface area contributed by atoms with Crippen LogP contribution in [0.4, 0.5) is 5.69 Å². The van der Waals surface area contributed by atoms with Crippen molar-refractivity contribution in [3.8, 4) is 0 Å². The summed E-state index contributed by atoms with van der Waals surface area (Å²) < 4.78 is 29.5. The topological polar surface area (TPSA) is 89.5 Å². The summed E-state index contributed by atoms with van der Waals surface area (Å²) >= 11 is 0. The molecule has 0 bridgehead atoms. The molecular formula is C14H19NO5S. The Kier molecular flexibility index (Phi) is 5.48. The number of carbonyl (C=O) groups is 2. The van der Waals surface area contributed by atoms with Crippen molar-refractivity contribution in [2.75, 3.05) is 11.0 Å². The number of nitrogens with one attached hydrogen (secondary N) is 1. The van der Waals surface area contributed by atoms with Crippen molar-refractivity contribution in [2.24, 2.45) is 5.92 Å². The number of hydrogen-bond donors (Lipinski definition) is 1. The van der Waals surface area contributed by atoms with Crippen LogP contribution in [-0.2, 0) is 19.6 Å². The van der Waals surface area contributed by atoms with Crippen LogP contribution in [0.25, 0.3) is 0 Å². The van der Waals surface area contributed by atoms with E-state index in [1.165, 1.54) is 31.2 Å². The highest BCUT2D eigenvalue weighted by Gasteiger charge is 2.21. The molecule has 0 unspecified atom stereocenters. The molecular weight excluding hydrogens is 294 g/mol. The molecule has 1 aromatic carbocycles. The van der Waals surface area contributed by atoms with Crippen LogP contribution in [-0.4, -0.2) is 32.5 Å². The number of sulfonamides is 1. The van der Waals surface area contributed by atoms with Gasteiger partial charge >= 0.3 is 5.97 Å². The molecule has 116 valence electrons. The quantitative estimate of drug-likeness (QED) is 0.639. The van der Waals surface area contributed by atoms with E-state index in [4.69, 9.17) is 4.74 Å². The molecule has 21 heavy (non-hydrogen) atoms. The summed E-state index contributed by atoms with van der Waals surface area (Å²) in [5.74, 6) is -1.08. The Labute approximate surface area is 124 Å². The summed E-state index contributed by atoms with van der Waals surface area (Å²) in [6.07, 6.45) is 0.160. The molecule has 1 aromatic rings. The molecule has 0 fully saturated rings. The first kappa shape index (κ1) is 17.2. The average Bonchev–Trinajstić information content (AvgIpc) is 2.36. The molecule has 1 atom stereocenters. The lowest BCUT2D eigenvalue weighted by molar-refractivity contribution is -0.150. The van der Waals surface area contributed by atoms with E-state index in [9.17, 15) is 18.0 Å².